The van der Waals surface area contributed by atoms with Crippen molar-refractivity contribution < 1.29 is 18.1 Å². The Morgan fingerprint density at radius 1 is 1.29 bits per heavy atom. The molecule has 9 heteroatoms. The quantitative estimate of drug-likeness (QED) is 0.759. The zero-order valence-corrected chi connectivity index (χ0v) is 16.0. The highest BCUT2D eigenvalue weighted by Crippen LogP contribution is 2.31. The van der Waals surface area contributed by atoms with E-state index in [0.717, 1.165) is 4.90 Å². The van der Waals surface area contributed by atoms with E-state index in [9.17, 15) is 13.2 Å². The van der Waals surface area contributed by atoms with Crippen LogP contribution >= 0.6 is 23.2 Å². The molecule has 0 aliphatic carbocycles. The molecular weight excluding hydrogens is 373 g/mol. The van der Waals surface area contributed by atoms with Gasteiger partial charge in [0.2, 0.25) is 10.0 Å². The number of carbonyl (C=O) groups excluding carboxylic acids is 1. The maximum atomic E-state index is 12.8. The molecule has 0 saturated carbocycles. The Hall–Kier alpha value is -0.860. The average molecular weight is 395 g/mol. The molecule has 0 aromatic heterocycles. The molecule has 134 valence electrons. The number of hydrogen-bond acceptors (Lipinski definition) is 3. The first-order valence-corrected chi connectivity index (χ1v) is 10.0. The van der Waals surface area contributed by atoms with Gasteiger partial charge in [0.15, 0.2) is 6.04 Å². The fourth-order valence-electron chi connectivity index (χ4n) is 2.82. The van der Waals surface area contributed by atoms with Crippen molar-refractivity contribution in [2.75, 3.05) is 32.7 Å². The van der Waals surface area contributed by atoms with E-state index in [2.05, 4.69) is 5.32 Å². The minimum Gasteiger partial charge on any atom is -0.351 e. The molecule has 6 nitrogen and oxygen atoms in total. The van der Waals surface area contributed by atoms with Crippen LogP contribution in [0.15, 0.2) is 23.1 Å². The van der Waals surface area contributed by atoms with Crippen molar-refractivity contribution in [1.82, 2.24) is 9.62 Å². The molecule has 2 N–H and O–H groups in total. The summed E-state index contributed by atoms with van der Waals surface area (Å²) in [6.45, 7) is 6.07. The third kappa shape index (κ3) is 4.03. The number of carbonyl (C=O) groups is 1. The Bertz CT molecular complexity index is 684. The highest BCUT2D eigenvalue weighted by Gasteiger charge is 2.36. The Balaban J connectivity index is 2.10. The lowest BCUT2D eigenvalue weighted by molar-refractivity contribution is -0.917. The van der Waals surface area contributed by atoms with Crippen LogP contribution in [0.25, 0.3) is 0 Å². The molecule has 24 heavy (non-hydrogen) atoms. The first-order valence-electron chi connectivity index (χ1n) is 7.85. The zero-order valence-electron chi connectivity index (χ0n) is 13.7. The van der Waals surface area contributed by atoms with Gasteiger partial charge >= 0.3 is 0 Å². The molecule has 1 heterocycles. The largest absolute Gasteiger partial charge is 0.351 e. The van der Waals surface area contributed by atoms with Gasteiger partial charge in [0.25, 0.3) is 5.91 Å². The lowest BCUT2D eigenvalue weighted by Crippen LogP contribution is -3.19. The zero-order chi connectivity index (χ0) is 17.9. The van der Waals surface area contributed by atoms with Crippen molar-refractivity contribution in [3.8, 4) is 0 Å². The van der Waals surface area contributed by atoms with Crippen molar-refractivity contribution in [1.29, 1.82) is 0 Å². The summed E-state index contributed by atoms with van der Waals surface area (Å²) in [5.41, 5.74) is 0. The van der Waals surface area contributed by atoms with Gasteiger partial charge in [-0.1, -0.05) is 29.3 Å². The fourth-order valence-corrected chi connectivity index (χ4v) is 5.35. The molecule has 1 aliphatic heterocycles. The van der Waals surface area contributed by atoms with Gasteiger partial charge in [-0.2, -0.15) is 4.31 Å². The first-order chi connectivity index (χ1) is 11.3. The smallest absolute Gasteiger partial charge is 0.278 e. The summed E-state index contributed by atoms with van der Waals surface area (Å²) < 4.78 is 27.0. The van der Waals surface area contributed by atoms with Crippen LogP contribution in [0.4, 0.5) is 0 Å². The van der Waals surface area contributed by atoms with Gasteiger partial charge in [0.1, 0.15) is 4.90 Å². The molecule has 0 unspecified atom stereocenters. The van der Waals surface area contributed by atoms with Crippen molar-refractivity contribution in [2.45, 2.75) is 24.8 Å². The number of hydrogen-bond donors (Lipinski definition) is 2. The molecule has 0 spiro atoms. The molecule has 1 aromatic carbocycles. The number of nitrogens with zero attached hydrogens (tertiary/aromatic N) is 1. The van der Waals surface area contributed by atoms with E-state index in [0.29, 0.717) is 32.7 Å². The number of halogens is 2. The number of benzene rings is 1. The topological polar surface area (TPSA) is 70.9 Å². The van der Waals surface area contributed by atoms with Gasteiger partial charge in [-0.15, -0.1) is 0 Å². The summed E-state index contributed by atoms with van der Waals surface area (Å²) in [5.74, 6) is -0.0158. The Morgan fingerprint density at radius 2 is 1.83 bits per heavy atom. The number of likely N-dealkylation sites (N-methyl/N-ethyl adjacent to an activating group) is 1. The maximum absolute atomic E-state index is 12.8. The van der Waals surface area contributed by atoms with Crippen LogP contribution in [0.5, 0.6) is 0 Å². The van der Waals surface area contributed by atoms with Gasteiger partial charge in [0, 0.05) is 6.54 Å². The molecule has 1 aliphatic rings. The SMILES string of the molecule is CCNC(=O)[C@@H](C)[NH+]1CCN(S(=O)(=O)c2c(Cl)cccc2Cl)CC1. The summed E-state index contributed by atoms with van der Waals surface area (Å²) in [5, 5.41) is 3.04. The summed E-state index contributed by atoms with van der Waals surface area (Å²) in [6.07, 6.45) is 0. The predicted molar refractivity (Wildman–Crippen MR) is 94.1 cm³/mol. The monoisotopic (exact) mass is 394 g/mol. The Kier molecular flexibility index (Phi) is 6.50. The highest BCUT2D eigenvalue weighted by molar-refractivity contribution is 7.89. The van der Waals surface area contributed by atoms with Gasteiger partial charge in [-0.3, -0.25) is 4.79 Å². The summed E-state index contributed by atoms with van der Waals surface area (Å²) in [6, 6.07) is 4.43. The van der Waals surface area contributed by atoms with E-state index < -0.39 is 10.0 Å². The van der Waals surface area contributed by atoms with E-state index in [1.165, 1.54) is 16.4 Å². The van der Waals surface area contributed by atoms with Gasteiger partial charge < -0.3 is 10.2 Å². The van der Waals surface area contributed by atoms with Crippen molar-refractivity contribution in [3.63, 3.8) is 0 Å². The lowest BCUT2D eigenvalue weighted by Gasteiger charge is -2.34. The minimum absolute atomic E-state index is 0.0158. The van der Waals surface area contributed by atoms with Gasteiger partial charge in [0.05, 0.1) is 36.2 Å². The van der Waals surface area contributed by atoms with Crippen molar-refractivity contribution in [2.24, 2.45) is 0 Å². The molecule has 1 aromatic rings. The maximum Gasteiger partial charge on any atom is 0.278 e. The van der Waals surface area contributed by atoms with Crippen molar-refractivity contribution >= 4 is 39.1 Å². The third-order valence-electron chi connectivity index (χ3n) is 4.24. The molecular formula is C15H22Cl2N3O3S+. The average Bonchev–Trinajstić information content (AvgIpc) is 2.54. The van der Waals surface area contributed by atoms with E-state index in [-0.39, 0.29) is 26.9 Å². The molecule has 0 radical (unpaired) electrons. The van der Waals surface area contributed by atoms with Crippen LogP contribution in [0.1, 0.15) is 13.8 Å². The number of quaternary nitrogens is 1. The van der Waals surface area contributed by atoms with E-state index in [1.807, 2.05) is 13.8 Å². The summed E-state index contributed by atoms with van der Waals surface area (Å²) in [7, 11) is -3.75. The second kappa shape index (κ2) is 8.01. The number of rotatable bonds is 5. The molecule has 2 rings (SSSR count). The predicted octanol–water partition coefficient (Wildman–Crippen LogP) is 0.407. The minimum atomic E-state index is -3.75. The van der Waals surface area contributed by atoms with Crippen LogP contribution in [0.2, 0.25) is 10.0 Å². The van der Waals surface area contributed by atoms with Crippen LogP contribution < -0.4 is 10.2 Å². The number of piperazine rings is 1. The second-order valence-electron chi connectivity index (χ2n) is 5.73. The molecule has 0 bridgehead atoms. The van der Waals surface area contributed by atoms with Crippen LogP contribution in [0, 0.1) is 0 Å². The van der Waals surface area contributed by atoms with Crippen LogP contribution in [0.3, 0.4) is 0 Å². The van der Waals surface area contributed by atoms with E-state index >= 15 is 0 Å². The molecule has 1 saturated heterocycles. The van der Waals surface area contributed by atoms with Crippen molar-refractivity contribution in [3.05, 3.63) is 28.2 Å². The van der Waals surface area contributed by atoms with Crippen LogP contribution in [-0.4, -0.2) is 57.4 Å². The molecule has 1 fully saturated rings. The summed E-state index contributed by atoms with van der Waals surface area (Å²) in [4.78, 5) is 13.0. The van der Waals surface area contributed by atoms with Gasteiger partial charge in [-0.05, 0) is 26.0 Å². The normalized spacial score (nSPS) is 18.3. The lowest BCUT2D eigenvalue weighted by atomic mass is 10.2. The number of sulfonamides is 1. The molecule has 1 amide bonds. The van der Waals surface area contributed by atoms with Gasteiger partial charge in [-0.25, -0.2) is 8.42 Å². The first kappa shape index (κ1) is 19.5. The second-order valence-corrected chi connectivity index (χ2v) is 8.42. The van der Waals surface area contributed by atoms with Crippen LogP contribution in [-0.2, 0) is 14.8 Å². The standard InChI is InChI=1S/C15H21Cl2N3O3S/c1-3-18-15(21)11(2)19-7-9-20(10-8-19)24(22,23)14-12(16)5-4-6-13(14)17/h4-6,11H,3,7-10H2,1-2H3,(H,18,21)/p+1/t11-/m1/s1. The number of amides is 1. The number of nitrogens with one attached hydrogen (secondary N) is 2. The Morgan fingerprint density at radius 3 is 2.33 bits per heavy atom. The highest BCUT2D eigenvalue weighted by atomic mass is 35.5. The van der Waals surface area contributed by atoms with E-state index in [4.69, 9.17) is 23.2 Å². The summed E-state index contributed by atoms with van der Waals surface area (Å²) >= 11 is 12.1. The fraction of sp³-hybridized carbons (Fsp3) is 0.533. The van der Waals surface area contributed by atoms with E-state index in [1.54, 1.807) is 6.07 Å². The third-order valence-corrected chi connectivity index (χ3v) is 7.09. The molecule has 1 atom stereocenters. The Labute approximate surface area is 152 Å².